The Morgan fingerprint density at radius 3 is 2.86 bits per heavy atom. The molecule has 2 aromatic carbocycles. The van der Waals surface area contributed by atoms with Crippen LogP contribution in [0.1, 0.15) is 11.1 Å². The van der Waals surface area contributed by atoms with Gasteiger partial charge < -0.3 is 10.2 Å². The summed E-state index contributed by atoms with van der Waals surface area (Å²) in [5.74, 6) is -1.05. The number of fused-ring (bicyclic) bond motifs is 1. The second kappa shape index (κ2) is 4.80. The summed E-state index contributed by atoms with van der Waals surface area (Å²) in [6.07, 6.45) is 0. The van der Waals surface area contributed by atoms with Gasteiger partial charge in [-0.1, -0.05) is 0 Å². The van der Waals surface area contributed by atoms with Crippen molar-refractivity contribution in [3.05, 3.63) is 63.9 Å². The number of nitrogen functional groups attached to an aromatic ring is 1. The van der Waals surface area contributed by atoms with Crippen molar-refractivity contribution < 1.29 is 8.81 Å². The monoisotopic (exact) mass is 283 g/mol. The van der Waals surface area contributed by atoms with E-state index >= 15 is 0 Å². The summed E-state index contributed by atoms with van der Waals surface area (Å²) in [6, 6.07) is 10.6. The molecule has 21 heavy (non-hydrogen) atoms. The number of halogens is 1. The Morgan fingerprint density at radius 2 is 2.10 bits per heavy atom. The molecule has 3 rings (SSSR count). The number of hydrogen-bond donors (Lipinski definition) is 1. The average molecular weight is 283 g/mol. The summed E-state index contributed by atoms with van der Waals surface area (Å²) in [7, 11) is 0. The molecule has 0 saturated heterocycles. The van der Waals surface area contributed by atoms with Crippen LogP contribution in [-0.4, -0.2) is 4.57 Å². The molecule has 0 saturated carbocycles. The molecule has 5 nitrogen and oxygen atoms in total. The predicted octanol–water partition coefficient (Wildman–Crippen LogP) is 2.24. The van der Waals surface area contributed by atoms with Crippen molar-refractivity contribution >= 4 is 16.8 Å². The fourth-order valence-corrected chi connectivity index (χ4v) is 2.20. The van der Waals surface area contributed by atoms with Crippen LogP contribution in [0.25, 0.3) is 11.1 Å². The maximum Gasteiger partial charge on any atom is 0.420 e. The third kappa shape index (κ3) is 2.25. The first-order chi connectivity index (χ1) is 10.1. The number of nitrogens with two attached hydrogens (primary N) is 1. The molecule has 0 amide bonds. The van der Waals surface area contributed by atoms with E-state index in [0.717, 1.165) is 0 Å². The summed E-state index contributed by atoms with van der Waals surface area (Å²) in [5, 5.41) is 9.06. The van der Waals surface area contributed by atoms with Gasteiger partial charge in [0.1, 0.15) is 5.82 Å². The van der Waals surface area contributed by atoms with Crippen LogP contribution in [0, 0.1) is 17.1 Å². The molecule has 2 N–H and O–H groups in total. The average Bonchev–Trinajstić information content (AvgIpc) is 2.75. The molecule has 0 radical (unpaired) electrons. The van der Waals surface area contributed by atoms with Gasteiger partial charge in [0.25, 0.3) is 0 Å². The molecule has 1 heterocycles. The summed E-state index contributed by atoms with van der Waals surface area (Å²) in [5.41, 5.74) is 7.80. The van der Waals surface area contributed by atoms with Crippen LogP contribution >= 0.6 is 0 Å². The zero-order chi connectivity index (χ0) is 15.0. The minimum Gasteiger partial charge on any atom is -0.408 e. The van der Waals surface area contributed by atoms with E-state index in [-0.39, 0.29) is 6.54 Å². The van der Waals surface area contributed by atoms with Crippen LogP contribution in [0.15, 0.2) is 45.6 Å². The molecule has 0 aliphatic carbocycles. The van der Waals surface area contributed by atoms with Gasteiger partial charge in [0.15, 0.2) is 5.58 Å². The van der Waals surface area contributed by atoms with Crippen LogP contribution < -0.4 is 11.5 Å². The lowest BCUT2D eigenvalue weighted by Crippen LogP contribution is -2.15. The summed E-state index contributed by atoms with van der Waals surface area (Å²) < 4.78 is 19.8. The Morgan fingerprint density at radius 1 is 1.29 bits per heavy atom. The molecule has 0 atom stereocenters. The van der Waals surface area contributed by atoms with Crippen molar-refractivity contribution in [1.29, 1.82) is 5.26 Å². The molecule has 0 unspecified atom stereocenters. The van der Waals surface area contributed by atoms with Crippen LogP contribution in [0.3, 0.4) is 0 Å². The van der Waals surface area contributed by atoms with Gasteiger partial charge in [0.2, 0.25) is 0 Å². The Labute approximate surface area is 118 Å². The van der Waals surface area contributed by atoms with Crippen molar-refractivity contribution in [3.8, 4) is 6.07 Å². The second-order valence-corrected chi connectivity index (χ2v) is 4.59. The van der Waals surface area contributed by atoms with Crippen molar-refractivity contribution in [1.82, 2.24) is 4.57 Å². The topological polar surface area (TPSA) is 85.0 Å². The van der Waals surface area contributed by atoms with E-state index in [9.17, 15) is 9.18 Å². The van der Waals surface area contributed by atoms with Crippen LogP contribution in [0.5, 0.6) is 0 Å². The third-order valence-corrected chi connectivity index (χ3v) is 3.21. The Kier molecular flexibility index (Phi) is 2.95. The molecular formula is C15H10FN3O2. The maximum absolute atomic E-state index is 13.4. The van der Waals surface area contributed by atoms with E-state index in [4.69, 9.17) is 15.4 Å². The lowest BCUT2D eigenvalue weighted by molar-refractivity contribution is 0.517. The highest BCUT2D eigenvalue weighted by molar-refractivity contribution is 5.77. The van der Waals surface area contributed by atoms with Gasteiger partial charge >= 0.3 is 5.76 Å². The zero-order valence-corrected chi connectivity index (χ0v) is 10.8. The minimum absolute atomic E-state index is 0.0376. The number of hydrogen-bond acceptors (Lipinski definition) is 4. The first kappa shape index (κ1) is 12.9. The minimum atomic E-state index is -0.580. The van der Waals surface area contributed by atoms with Gasteiger partial charge in [-0.15, -0.1) is 0 Å². The number of nitrogens with zero attached hydrogens (tertiary/aromatic N) is 2. The smallest absolute Gasteiger partial charge is 0.408 e. The van der Waals surface area contributed by atoms with E-state index in [2.05, 4.69) is 0 Å². The van der Waals surface area contributed by atoms with Gasteiger partial charge in [-0.25, -0.2) is 9.18 Å². The Hall–Kier alpha value is -3.07. The first-order valence-corrected chi connectivity index (χ1v) is 6.16. The predicted molar refractivity (Wildman–Crippen MR) is 75.1 cm³/mol. The van der Waals surface area contributed by atoms with Crippen molar-refractivity contribution in [2.75, 3.05) is 5.73 Å². The number of aromatic nitrogens is 1. The van der Waals surface area contributed by atoms with E-state index in [1.54, 1.807) is 18.2 Å². The highest BCUT2D eigenvalue weighted by Crippen LogP contribution is 2.19. The molecule has 0 aliphatic heterocycles. The molecule has 1 aromatic heterocycles. The lowest BCUT2D eigenvalue weighted by Gasteiger charge is -2.05. The van der Waals surface area contributed by atoms with Crippen molar-refractivity contribution in [3.63, 3.8) is 0 Å². The lowest BCUT2D eigenvalue weighted by atomic mass is 10.1. The summed E-state index contributed by atoms with van der Waals surface area (Å²) >= 11 is 0. The van der Waals surface area contributed by atoms with E-state index in [1.807, 2.05) is 6.07 Å². The van der Waals surface area contributed by atoms with Crippen LogP contribution in [-0.2, 0) is 6.54 Å². The van der Waals surface area contributed by atoms with E-state index < -0.39 is 11.6 Å². The molecule has 6 heteroatoms. The van der Waals surface area contributed by atoms with Crippen LogP contribution in [0.2, 0.25) is 0 Å². The zero-order valence-electron chi connectivity index (χ0n) is 10.8. The molecule has 0 fully saturated rings. The van der Waals surface area contributed by atoms with Gasteiger partial charge in [0.05, 0.1) is 23.7 Å². The summed E-state index contributed by atoms with van der Waals surface area (Å²) in [4.78, 5) is 11.9. The molecule has 3 aromatic rings. The van der Waals surface area contributed by atoms with Gasteiger partial charge in [-0.3, -0.25) is 4.57 Å². The highest BCUT2D eigenvalue weighted by Gasteiger charge is 2.12. The second-order valence-electron chi connectivity index (χ2n) is 4.59. The number of oxazole rings is 1. The van der Waals surface area contributed by atoms with Crippen LogP contribution in [0.4, 0.5) is 10.1 Å². The van der Waals surface area contributed by atoms with E-state index in [0.29, 0.717) is 27.9 Å². The number of nitriles is 1. The SMILES string of the molecule is N#Cc1ccc(F)cc1Cn1c(=O)oc2ccc(N)cc21. The normalized spacial score (nSPS) is 10.7. The third-order valence-electron chi connectivity index (χ3n) is 3.21. The van der Waals surface area contributed by atoms with Crippen molar-refractivity contribution in [2.45, 2.75) is 6.54 Å². The quantitative estimate of drug-likeness (QED) is 0.731. The maximum atomic E-state index is 13.4. The first-order valence-electron chi connectivity index (χ1n) is 6.16. The number of benzene rings is 2. The standard InChI is InChI=1S/C15H10FN3O2/c16-11-2-1-9(7-17)10(5-11)8-19-13-6-12(18)3-4-14(13)21-15(19)20/h1-6H,8,18H2. The van der Waals surface area contributed by atoms with Gasteiger partial charge in [-0.05, 0) is 42.0 Å². The molecule has 0 bridgehead atoms. The Balaban J connectivity index is 2.17. The molecule has 0 spiro atoms. The van der Waals surface area contributed by atoms with Gasteiger partial charge in [0, 0.05) is 5.69 Å². The number of anilines is 1. The van der Waals surface area contributed by atoms with E-state index in [1.165, 1.54) is 22.8 Å². The Bertz CT molecular complexity index is 934. The fourth-order valence-electron chi connectivity index (χ4n) is 2.20. The van der Waals surface area contributed by atoms with Gasteiger partial charge in [-0.2, -0.15) is 5.26 Å². The number of rotatable bonds is 2. The molecule has 104 valence electrons. The molecule has 0 aliphatic rings. The summed E-state index contributed by atoms with van der Waals surface area (Å²) in [6.45, 7) is 0.0376. The highest BCUT2D eigenvalue weighted by atomic mass is 19.1. The molecular weight excluding hydrogens is 273 g/mol. The van der Waals surface area contributed by atoms with Crippen molar-refractivity contribution in [2.24, 2.45) is 0 Å². The fraction of sp³-hybridized carbons (Fsp3) is 0.0667. The largest absolute Gasteiger partial charge is 0.420 e.